The largest absolute Gasteiger partial charge is 0.347 e. The van der Waals surface area contributed by atoms with E-state index < -0.39 is 0 Å². The van der Waals surface area contributed by atoms with Gasteiger partial charge in [-0.15, -0.1) is 0 Å². The van der Waals surface area contributed by atoms with Crippen molar-refractivity contribution in [2.24, 2.45) is 0 Å². The molecule has 7 aromatic rings. The first kappa shape index (κ1) is 35.0. The Hall–Kier alpha value is -5.74. The molecule has 0 unspecified atom stereocenters. The molecule has 0 saturated heterocycles. The zero-order valence-corrected chi connectivity index (χ0v) is 32.6. The summed E-state index contributed by atoms with van der Waals surface area (Å²) < 4.78 is 0. The number of unbranched alkanes of at least 4 members (excludes halogenated alkanes) is 4. The van der Waals surface area contributed by atoms with Crippen molar-refractivity contribution in [2.45, 2.75) is 78.6 Å². The third kappa shape index (κ3) is 5.56. The van der Waals surface area contributed by atoms with E-state index in [9.17, 15) is 9.59 Å². The van der Waals surface area contributed by atoms with Crippen molar-refractivity contribution in [3.63, 3.8) is 0 Å². The molecule has 274 valence electrons. The number of imide groups is 1. The minimum atomic E-state index is -0.252. The van der Waals surface area contributed by atoms with Crippen LogP contribution < -0.4 is 9.80 Å². The lowest BCUT2D eigenvalue weighted by Crippen LogP contribution is -2.41. The van der Waals surface area contributed by atoms with Crippen LogP contribution in [0.2, 0.25) is 0 Å². The van der Waals surface area contributed by atoms with Crippen LogP contribution in [0.3, 0.4) is 0 Å². The van der Waals surface area contributed by atoms with Gasteiger partial charge in [-0.2, -0.15) is 0 Å². The average Bonchev–Trinajstić information content (AvgIpc) is 3.20. The standard InChI is InChI=1S/C51H48N2O2/c1-6-7-8-9-12-28-52-29-27-34(37-15-10-11-20-45(37)52)30-33-21-22-40-42-24-26-44-48-43(25-23-41(47(42)48)39-19-14-18-38(33)46(39)40)50(54)53(51(44)55)49-35(31(2)3)16-13-17-36(49)32(4)5/h10-11,13-27,29-32H,6-9,12,28H2,1-5H3/b34-30+. The molecule has 0 spiro atoms. The summed E-state index contributed by atoms with van der Waals surface area (Å²) >= 11 is 0. The van der Waals surface area contributed by atoms with E-state index in [4.69, 9.17) is 0 Å². The van der Waals surface area contributed by atoms with Crippen molar-refractivity contribution in [2.75, 3.05) is 16.3 Å². The monoisotopic (exact) mass is 720 g/mol. The van der Waals surface area contributed by atoms with Crippen LogP contribution >= 0.6 is 0 Å². The lowest BCUT2D eigenvalue weighted by atomic mass is 9.83. The van der Waals surface area contributed by atoms with Crippen LogP contribution in [0.1, 0.15) is 122 Å². The van der Waals surface area contributed by atoms with E-state index in [2.05, 4.69) is 137 Å². The van der Waals surface area contributed by atoms with E-state index in [0.717, 1.165) is 55.7 Å². The molecule has 4 nitrogen and oxygen atoms in total. The van der Waals surface area contributed by atoms with Gasteiger partial charge in [0.25, 0.3) is 11.8 Å². The molecular weight excluding hydrogens is 673 g/mol. The molecule has 0 bridgehead atoms. The normalized spacial score (nSPS) is 15.0. The minimum absolute atomic E-state index is 0.146. The van der Waals surface area contributed by atoms with Crippen LogP contribution in [-0.4, -0.2) is 18.4 Å². The first-order valence-electron chi connectivity index (χ1n) is 20.2. The Morgan fingerprint density at radius 3 is 1.85 bits per heavy atom. The van der Waals surface area contributed by atoms with Gasteiger partial charge in [-0.1, -0.05) is 139 Å². The van der Waals surface area contributed by atoms with Crippen LogP contribution in [0.25, 0.3) is 54.7 Å². The van der Waals surface area contributed by atoms with Crippen molar-refractivity contribution in [1.29, 1.82) is 0 Å². The fourth-order valence-corrected chi connectivity index (χ4v) is 9.29. The summed E-state index contributed by atoms with van der Waals surface area (Å²) in [6, 6.07) is 34.1. The van der Waals surface area contributed by atoms with Crippen LogP contribution in [0.5, 0.6) is 0 Å². The van der Waals surface area contributed by atoms with Crippen LogP contribution in [0, 0.1) is 0 Å². The van der Waals surface area contributed by atoms with E-state index in [-0.39, 0.29) is 23.7 Å². The summed E-state index contributed by atoms with van der Waals surface area (Å²) in [5, 5.41) is 8.54. The van der Waals surface area contributed by atoms with Gasteiger partial charge in [-0.05, 0) is 109 Å². The molecule has 55 heavy (non-hydrogen) atoms. The third-order valence-corrected chi connectivity index (χ3v) is 12.0. The van der Waals surface area contributed by atoms with Gasteiger partial charge in [-0.3, -0.25) is 9.59 Å². The van der Waals surface area contributed by atoms with Crippen LogP contribution in [0.4, 0.5) is 11.4 Å². The maximum Gasteiger partial charge on any atom is 0.266 e. The van der Waals surface area contributed by atoms with Crippen molar-refractivity contribution < 1.29 is 9.59 Å². The van der Waals surface area contributed by atoms with Gasteiger partial charge in [0, 0.05) is 40.5 Å². The Balaban J connectivity index is 1.17. The predicted molar refractivity (Wildman–Crippen MR) is 233 cm³/mol. The fraction of sp³-hybridized carbons (Fsp3) is 0.255. The number of fused-ring (bicyclic) bond motifs is 3. The van der Waals surface area contributed by atoms with Crippen molar-refractivity contribution in [3.05, 3.63) is 143 Å². The molecule has 0 aromatic heterocycles. The maximum absolute atomic E-state index is 14.7. The van der Waals surface area contributed by atoms with Crippen LogP contribution in [-0.2, 0) is 0 Å². The van der Waals surface area contributed by atoms with Gasteiger partial charge >= 0.3 is 0 Å². The second-order valence-corrected chi connectivity index (χ2v) is 16.1. The van der Waals surface area contributed by atoms with E-state index in [1.807, 2.05) is 18.2 Å². The highest BCUT2D eigenvalue weighted by molar-refractivity contribution is 6.42. The number of hydrogen-bond acceptors (Lipinski definition) is 3. The number of hydrogen-bond donors (Lipinski definition) is 0. The van der Waals surface area contributed by atoms with Gasteiger partial charge < -0.3 is 4.90 Å². The first-order valence-corrected chi connectivity index (χ1v) is 20.2. The number of rotatable bonds is 10. The van der Waals surface area contributed by atoms with E-state index >= 15 is 0 Å². The molecule has 2 amide bonds. The number of carbonyl (C=O) groups excluding carboxylic acids is 2. The summed E-state index contributed by atoms with van der Waals surface area (Å²) in [5.41, 5.74) is 8.81. The fourth-order valence-electron chi connectivity index (χ4n) is 9.29. The van der Waals surface area contributed by atoms with Crippen molar-refractivity contribution in [1.82, 2.24) is 0 Å². The Morgan fingerprint density at radius 1 is 0.564 bits per heavy atom. The van der Waals surface area contributed by atoms with E-state index in [0.29, 0.717) is 11.1 Å². The molecule has 0 N–H and O–H groups in total. The summed E-state index contributed by atoms with van der Waals surface area (Å²) in [4.78, 5) is 33.2. The molecule has 0 aliphatic carbocycles. The average molecular weight is 721 g/mol. The second-order valence-electron chi connectivity index (χ2n) is 16.1. The highest BCUT2D eigenvalue weighted by Crippen LogP contribution is 2.47. The lowest BCUT2D eigenvalue weighted by Gasteiger charge is -2.32. The maximum atomic E-state index is 14.7. The predicted octanol–water partition coefficient (Wildman–Crippen LogP) is 13.6. The van der Waals surface area contributed by atoms with E-state index in [1.54, 1.807) is 0 Å². The summed E-state index contributed by atoms with van der Waals surface area (Å²) in [6.45, 7) is 11.8. The molecule has 0 atom stereocenters. The van der Waals surface area contributed by atoms with Crippen molar-refractivity contribution >= 4 is 77.9 Å². The Bertz CT molecular complexity index is 2630. The van der Waals surface area contributed by atoms with Gasteiger partial charge in [0.2, 0.25) is 0 Å². The molecular formula is C51H48N2O2. The van der Waals surface area contributed by atoms with Gasteiger partial charge in [0.1, 0.15) is 0 Å². The molecule has 2 aliphatic rings. The lowest BCUT2D eigenvalue weighted by molar-refractivity contribution is 0.0893. The topological polar surface area (TPSA) is 40.6 Å². The number of nitrogens with zero attached hydrogens (tertiary/aromatic N) is 2. The van der Waals surface area contributed by atoms with Crippen molar-refractivity contribution in [3.8, 4) is 0 Å². The van der Waals surface area contributed by atoms with Gasteiger partial charge in [-0.25, -0.2) is 4.90 Å². The van der Waals surface area contributed by atoms with E-state index in [1.165, 1.54) is 70.2 Å². The van der Waals surface area contributed by atoms with Gasteiger partial charge in [0.15, 0.2) is 0 Å². The second kappa shape index (κ2) is 13.8. The molecule has 4 heteroatoms. The molecule has 7 aromatic carbocycles. The summed E-state index contributed by atoms with van der Waals surface area (Å²) in [5.74, 6) is -0.212. The minimum Gasteiger partial charge on any atom is -0.347 e. The SMILES string of the molecule is CCCCCCCN1C=C/C(=C\c2ccc3c4ccc5c6c(ccc(c7cccc2c73)c64)C(=O)N(c2c(C(C)C)cccc2C(C)C)C5=O)c2ccccc21. The molecule has 9 rings (SSSR count). The number of benzene rings is 7. The number of carbonyl (C=O) groups is 2. The van der Waals surface area contributed by atoms with Crippen LogP contribution in [0.15, 0.2) is 109 Å². The number of allylic oxidation sites excluding steroid dienone is 2. The Kier molecular flexibility index (Phi) is 8.80. The molecule has 0 radical (unpaired) electrons. The van der Waals surface area contributed by atoms with Gasteiger partial charge in [0.05, 0.1) is 5.69 Å². The summed E-state index contributed by atoms with van der Waals surface area (Å²) in [6.07, 6.45) is 13.2. The molecule has 2 aliphatic heterocycles. The number of anilines is 2. The zero-order chi connectivity index (χ0) is 38.0. The smallest absolute Gasteiger partial charge is 0.266 e. The first-order chi connectivity index (χ1) is 26.8. The highest BCUT2D eigenvalue weighted by atomic mass is 16.2. The summed E-state index contributed by atoms with van der Waals surface area (Å²) in [7, 11) is 0. The zero-order valence-electron chi connectivity index (χ0n) is 32.6. The Labute approximate surface area is 324 Å². The highest BCUT2D eigenvalue weighted by Gasteiger charge is 2.38. The molecule has 0 saturated carbocycles. The number of amides is 2. The third-order valence-electron chi connectivity index (χ3n) is 12.0. The quantitative estimate of drug-likeness (QED) is 0.0611. The number of para-hydroxylation sites is 2. The Morgan fingerprint density at radius 2 is 1.16 bits per heavy atom. The molecule has 0 fully saturated rings. The molecule has 2 heterocycles.